The van der Waals surface area contributed by atoms with E-state index in [0.29, 0.717) is 0 Å². The summed E-state index contributed by atoms with van der Waals surface area (Å²) < 4.78 is 5.11. The van der Waals surface area contributed by atoms with Crippen molar-refractivity contribution >= 4 is 23.5 Å². The Balaban J connectivity index is 1.85. The Morgan fingerprint density at radius 3 is 2.32 bits per heavy atom. The third kappa shape index (κ3) is 5.53. The van der Waals surface area contributed by atoms with Gasteiger partial charge < -0.3 is 15.0 Å². The Hall–Kier alpha value is -3.02. The molecule has 0 aromatic heterocycles. The lowest BCUT2D eigenvalue weighted by atomic mass is 10.2. The predicted molar refractivity (Wildman–Crippen MR) is 103 cm³/mol. The number of carbonyl (C=O) groups is 1. The summed E-state index contributed by atoms with van der Waals surface area (Å²) in [5.74, 6) is 0.560. The highest BCUT2D eigenvalue weighted by Gasteiger charge is 2.11. The Morgan fingerprint density at radius 1 is 1.12 bits per heavy atom. The van der Waals surface area contributed by atoms with Crippen LogP contribution in [0.3, 0.4) is 0 Å². The van der Waals surface area contributed by atoms with Gasteiger partial charge in [0.25, 0.3) is 5.91 Å². The summed E-state index contributed by atoms with van der Waals surface area (Å²) in [5.41, 5.74) is 5.41. The van der Waals surface area contributed by atoms with E-state index in [0.717, 1.165) is 22.7 Å². The molecule has 0 spiro atoms. The summed E-state index contributed by atoms with van der Waals surface area (Å²) in [5, 5.41) is 7.12. The van der Waals surface area contributed by atoms with Crippen LogP contribution in [0.5, 0.6) is 5.75 Å². The number of anilines is 2. The monoisotopic (exact) mass is 340 g/mol. The Kier molecular flexibility index (Phi) is 6.39. The van der Waals surface area contributed by atoms with Crippen LogP contribution in [0.2, 0.25) is 0 Å². The van der Waals surface area contributed by atoms with Gasteiger partial charge in [0.15, 0.2) is 0 Å². The number of methoxy groups -OCH3 is 1. The van der Waals surface area contributed by atoms with Crippen LogP contribution in [0.15, 0.2) is 53.6 Å². The van der Waals surface area contributed by atoms with Gasteiger partial charge >= 0.3 is 0 Å². The van der Waals surface area contributed by atoms with Crippen molar-refractivity contribution < 1.29 is 9.53 Å². The van der Waals surface area contributed by atoms with Crippen LogP contribution in [-0.4, -0.2) is 39.4 Å². The lowest BCUT2D eigenvalue weighted by Crippen LogP contribution is -2.34. The van der Waals surface area contributed by atoms with Crippen molar-refractivity contribution in [1.29, 1.82) is 0 Å². The molecule has 2 rings (SSSR count). The molecule has 0 radical (unpaired) electrons. The number of nitrogens with one attached hydrogen (secondary N) is 2. The van der Waals surface area contributed by atoms with Gasteiger partial charge in [-0.15, -0.1) is 0 Å². The van der Waals surface area contributed by atoms with E-state index in [4.69, 9.17) is 4.74 Å². The molecule has 0 aliphatic rings. The van der Waals surface area contributed by atoms with Crippen LogP contribution < -0.4 is 20.4 Å². The maximum absolute atomic E-state index is 12.1. The molecule has 1 amide bonds. The number of hydrogen-bond donors (Lipinski definition) is 2. The summed E-state index contributed by atoms with van der Waals surface area (Å²) >= 11 is 0. The van der Waals surface area contributed by atoms with Crippen LogP contribution >= 0.6 is 0 Å². The van der Waals surface area contributed by atoms with Crippen molar-refractivity contribution in [2.75, 3.05) is 31.4 Å². The van der Waals surface area contributed by atoms with E-state index in [1.807, 2.05) is 67.5 Å². The predicted octanol–water partition coefficient (Wildman–Crippen LogP) is 2.71. The maximum Gasteiger partial charge on any atom is 0.262 e. The number of hydrazone groups is 1. The summed E-state index contributed by atoms with van der Waals surface area (Å²) in [7, 11) is 5.59. The second-order valence-electron chi connectivity index (χ2n) is 5.81. The molecule has 132 valence electrons. The van der Waals surface area contributed by atoms with Gasteiger partial charge in [-0.3, -0.25) is 4.79 Å². The molecule has 0 aliphatic heterocycles. The molecule has 1 atom stereocenters. The van der Waals surface area contributed by atoms with Crippen LogP contribution in [0.1, 0.15) is 12.5 Å². The Morgan fingerprint density at radius 2 is 1.76 bits per heavy atom. The summed E-state index contributed by atoms with van der Waals surface area (Å²) in [6.07, 6.45) is 1.62. The van der Waals surface area contributed by atoms with Gasteiger partial charge in [-0.05, 0) is 48.9 Å². The molecular formula is C19H24N4O2. The summed E-state index contributed by atoms with van der Waals surface area (Å²) in [6.45, 7) is 1.78. The Labute approximate surface area is 148 Å². The minimum Gasteiger partial charge on any atom is -0.497 e. The molecule has 0 saturated carbocycles. The van der Waals surface area contributed by atoms with E-state index in [1.54, 1.807) is 20.2 Å². The highest BCUT2D eigenvalue weighted by molar-refractivity contribution is 5.86. The molecule has 0 bridgehead atoms. The molecule has 2 N–H and O–H groups in total. The van der Waals surface area contributed by atoms with Crippen molar-refractivity contribution in [3.8, 4) is 5.75 Å². The molecule has 6 nitrogen and oxygen atoms in total. The quantitative estimate of drug-likeness (QED) is 0.601. The van der Waals surface area contributed by atoms with Crippen molar-refractivity contribution in [3.05, 3.63) is 54.1 Å². The number of rotatable bonds is 7. The van der Waals surface area contributed by atoms with Crippen LogP contribution in [0, 0.1) is 0 Å². The molecule has 6 heteroatoms. The second kappa shape index (κ2) is 8.73. The van der Waals surface area contributed by atoms with Crippen molar-refractivity contribution in [3.63, 3.8) is 0 Å². The highest BCUT2D eigenvalue weighted by Crippen LogP contribution is 2.15. The fraction of sp³-hybridized carbons (Fsp3) is 0.263. The number of ether oxygens (including phenoxy) is 1. The zero-order valence-corrected chi connectivity index (χ0v) is 15.0. The molecule has 0 heterocycles. The number of nitrogens with zero attached hydrogens (tertiary/aromatic N) is 2. The first-order chi connectivity index (χ1) is 12.0. The molecule has 25 heavy (non-hydrogen) atoms. The van der Waals surface area contributed by atoms with Gasteiger partial charge in [0.1, 0.15) is 11.8 Å². The molecule has 0 aliphatic carbocycles. The van der Waals surface area contributed by atoms with Crippen molar-refractivity contribution in [2.24, 2.45) is 5.10 Å². The van der Waals surface area contributed by atoms with E-state index in [9.17, 15) is 4.79 Å². The van der Waals surface area contributed by atoms with Crippen molar-refractivity contribution in [1.82, 2.24) is 5.43 Å². The standard InChI is InChI=1S/C19H24N4O2/c1-14(21-16-7-11-18(25-4)12-8-16)19(24)22-20-13-15-5-9-17(10-6-15)23(2)3/h5-14,21H,1-4H3,(H,22,24)/b20-13+. The topological polar surface area (TPSA) is 66.0 Å². The largest absolute Gasteiger partial charge is 0.497 e. The highest BCUT2D eigenvalue weighted by atomic mass is 16.5. The minimum atomic E-state index is -0.415. The van der Waals surface area contributed by atoms with Gasteiger partial charge in [0, 0.05) is 25.5 Å². The zero-order chi connectivity index (χ0) is 18.2. The second-order valence-corrected chi connectivity index (χ2v) is 5.81. The van der Waals surface area contributed by atoms with Crippen LogP contribution in [0.4, 0.5) is 11.4 Å². The normalized spacial score (nSPS) is 11.8. The first-order valence-electron chi connectivity index (χ1n) is 8.00. The van der Waals surface area contributed by atoms with Gasteiger partial charge in [0.2, 0.25) is 0 Å². The van der Waals surface area contributed by atoms with E-state index in [2.05, 4.69) is 15.8 Å². The molecule has 1 unspecified atom stereocenters. The zero-order valence-electron chi connectivity index (χ0n) is 15.0. The van der Waals surface area contributed by atoms with E-state index in [1.165, 1.54) is 0 Å². The maximum atomic E-state index is 12.1. The lowest BCUT2D eigenvalue weighted by Gasteiger charge is -2.13. The molecule has 0 fully saturated rings. The van der Waals surface area contributed by atoms with Crippen molar-refractivity contribution in [2.45, 2.75) is 13.0 Å². The molecule has 2 aromatic carbocycles. The van der Waals surface area contributed by atoms with E-state index < -0.39 is 6.04 Å². The van der Waals surface area contributed by atoms with Gasteiger partial charge in [-0.25, -0.2) is 5.43 Å². The number of carbonyl (C=O) groups excluding carboxylic acids is 1. The average molecular weight is 340 g/mol. The van der Waals surface area contributed by atoms with E-state index >= 15 is 0 Å². The molecular weight excluding hydrogens is 316 g/mol. The summed E-state index contributed by atoms with van der Waals surface area (Å²) in [4.78, 5) is 14.1. The van der Waals surface area contributed by atoms with Gasteiger partial charge in [-0.1, -0.05) is 12.1 Å². The fourth-order valence-corrected chi connectivity index (χ4v) is 2.13. The summed E-state index contributed by atoms with van der Waals surface area (Å²) in [6, 6.07) is 14.9. The minimum absolute atomic E-state index is 0.211. The third-order valence-corrected chi connectivity index (χ3v) is 3.66. The molecule has 2 aromatic rings. The molecule has 0 saturated heterocycles. The average Bonchev–Trinajstić information content (AvgIpc) is 2.62. The third-order valence-electron chi connectivity index (χ3n) is 3.66. The fourth-order valence-electron chi connectivity index (χ4n) is 2.13. The number of amides is 1. The van der Waals surface area contributed by atoms with Gasteiger partial charge in [-0.2, -0.15) is 5.10 Å². The Bertz CT molecular complexity index is 709. The van der Waals surface area contributed by atoms with E-state index in [-0.39, 0.29) is 5.91 Å². The van der Waals surface area contributed by atoms with Crippen LogP contribution in [-0.2, 0) is 4.79 Å². The number of hydrogen-bond acceptors (Lipinski definition) is 5. The smallest absolute Gasteiger partial charge is 0.262 e. The van der Waals surface area contributed by atoms with Crippen LogP contribution in [0.25, 0.3) is 0 Å². The SMILES string of the molecule is COc1ccc(NC(C)C(=O)N/N=C/c2ccc(N(C)C)cc2)cc1. The first kappa shape index (κ1) is 18.3. The van der Waals surface area contributed by atoms with Gasteiger partial charge in [0.05, 0.1) is 13.3 Å². The number of benzene rings is 2. The first-order valence-corrected chi connectivity index (χ1v) is 8.00. The lowest BCUT2D eigenvalue weighted by molar-refractivity contribution is -0.121.